The molecule has 0 saturated carbocycles. The van der Waals surface area contributed by atoms with Crippen molar-refractivity contribution in [3.8, 4) is 5.75 Å². The maximum atomic E-state index is 9.85. The van der Waals surface area contributed by atoms with Crippen LogP contribution in [-0.2, 0) is 4.74 Å². The summed E-state index contributed by atoms with van der Waals surface area (Å²) in [4.78, 5) is 0. The van der Waals surface area contributed by atoms with Crippen LogP contribution in [0.4, 0.5) is 0 Å². The Morgan fingerprint density at radius 1 is 1.44 bits per heavy atom. The van der Waals surface area contributed by atoms with Crippen molar-refractivity contribution in [3.05, 3.63) is 29.8 Å². The highest BCUT2D eigenvalue weighted by Gasteiger charge is 2.26. The summed E-state index contributed by atoms with van der Waals surface area (Å²) < 4.78 is 5.49. The van der Waals surface area contributed by atoms with Crippen molar-refractivity contribution < 1.29 is 9.84 Å². The van der Waals surface area contributed by atoms with Crippen LogP contribution < -0.4 is 5.73 Å². The standard InChI is InChI=1S/C13H19NO2/c14-8-12(10-4-3-7-16-9-10)11-5-1-2-6-13(11)15/h1-2,5-6,10,12,15H,3-4,7-9,14H2. The van der Waals surface area contributed by atoms with Crippen LogP contribution in [0.1, 0.15) is 24.3 Å². The number of phenols is 1. The summed E-state index contributed by atoms with van der Waals surface area (Å²) in [6, 6.07) is 7.47. The largest absolute Gasteiger partial charge is 0.508 e. The Kier molecular flexibility index (Phi) is 3.80. The van der Waals surface area contributed by atoms with Crippen molar-refractivity contribution in [1.82, 2.24) is 0 Å². The predicted octanol–water partition coefficient (Wildman–Crippen LogP) is 1.86. The number of aromatic hydroxyl groups is 1. The van der Waals surface area contributed by atoms with Crippen LogP contribution >= 0.6 is 0 Å². The zero-order valence-corrected chi connectivity index (χ0v) is 9.43. The van der Waals surface area contributed by atoms with Gasteiger partial charge in [0.25, 0.3) is 0 Å². The van der Waals surface area contributed by atoms with Gasteiger partial charge < -0.3 is 15.6 Å². The van der Waals surface area contributed by atoms with Crippen molar-refractivity contribution in [2.45, 2.75) is 18.8 Å². The number of phenolic OH excluding ortho intramolecular Hbond substituents is 1. The fourth-order valence-electron chi connectivity index (χ4n) is 2.46. The molecule has 0 aliphatic carbocycles. The van der Waals surface area contributed by atoms with Crippen molar-refractivity contribution in [2.75, 3.05) is 19.8 Å². The third kappa shape index (κ3) is 2.36. The molecular weight excluding hydrogens is 202 g/mol. The Bertz CT molecular complexity index is 334. The van der Waals surface area contributed by atoms with Gasteiger partial charge in [-0.1, -0.05) is 18.2 Å². The van der Waals surface area contributed by atoms with Gasteiger partial charge >= 0.3 is 0 Å². The van der Waals surface area contributed by atoms with Crippen molar-refractivity contribution in [1.29, 1.82) is 0 Å². The Morgan fingerprint density at radius 3 is 2.88 bits per heavy atom. The first-order valence-corrected chi connectivity index (χ1v) is 5.88. The van der Waals surface area contributed by atoms with Crippen molar-refractivity contribution in [3.63, 3.8) is 0 Å². The molecule has 1 saturated heterocycles. The van der Waals surface area contributed by atoms with Crippen LogP contribution in [0.2, 0.25) is 0 Å². The van der Waals surface area contributed by atoms with Crippen molar-refractivity contribution >= 4 is 0 Å². The Morgan fingerprint density at radius 2 is 2.25 bits per heavy atom. The third-order valence-corrected chi connectivity index (χ3v) is 3.35. The molecule has 0 aromatic heterocycles. The lowest BCUT2D eigenvalue weighted by molar-refractivity contribution is 0.0447. The molecule has 0 bridgehead atoms. The second-order valence-electron chi connectivity index (χ2n) is 4.38. The average molecular weight is 221 g/mol. The van der Waals surface area contributed by atoms with Crippen LogP contribution in [0.15, 0.2) is 24.3 Å². The summed E-state index contributed by atoms with van der Waals surface area (Å²) in [6.07, 6.45) is 2.23. The maximum Gasteiger partial charge on any atom is 0.119 e. The van der Waals surface area contributed by atoms with E-state index < -0.39 is 0 Å². The SMILES string of the molecule is NCC(c1ccccc1O)C1CCCOC1. The van der Waals surface area contributed by atoms with Crippen LogP contribution in [-0.4, -0.2) is 24.9 Å². The zero-order valence-electron chi connectivity index (χ0n) is 9.43. The highest BCUT2D eigenvalue weighted by Crippen LogP contribution is 2.34. The van der Waals surface area contributed by atoms with E-state index >= 15 is 0 Å². The molecule has 0 spiro atoms. The van der Waals surface area contributed by atoms with E-state index in [1.807, 2.05) is 18.2 Å². The van der Waals surface area contributed by atoms with Gasteiger partial charge in [-0.3, -0.25) is 0 Å². The molecule has 3 heteroatoms. The van der Waals surface area contributed by atoms with Crippen molar-refractivity contribution in [2.24, 2.45) is 11.7 Å². The number of hydrogen-bond donors (Lipinski definition) is 2. The molecule has 1 aliphatic rings. The van der Waals surface area contributed by atoms with Gasteiger partial charge in [0.05, 0.1) is 6.61 Å². The Balaban J connectivity index is 2.18. The summed E-state index contributed by atoms with van der Waals surface area (Å²) in [7, 11) is 0. The van der Waals surface area contributed by atoms with Gasteiger partial charge in [-0.05, 0) is 36.9 Å². The molecule has 2 atom stereocenters. The first-order chi connectivity index (χ1) is 7.83. The molecule has 1 heterocycles. The lowest BCUT2D eigenvalue weighted by Crippen LogP contribution is -2.28. The number of ether oxygens (including phenoxy) is 1. The van der Waals surface area contributed by atoms with Crippen LogP contribution in [0, 0.1) is 5.92 Å². The van der Waals surface area contributed by atoms with Crippen LogP contribution in [0.5, 0.6) is 5.75 Å². The van der Waals surface area contributed by atoms with Gasteiger partial charge in [-0.15, -0.1) is 0 Å². The normalized spacial score (nSPS) is 22.9. The quantitative estimate of drug-likeness (QED) is 0.819. The molecular formula is C13H19NO2. The summed E-state index contributed by atoms with van der Waals surface area (Å²) in [5.41, 5.74) is 6.80. The summed E-state index contributed by atoms with van der Waals surface area (Å²) in [6.45, 7) is 2.18. The molecule has 3 nitrogen and oxygen atoms in total. The average Bonchev–Trinajstić information content (AvgIpc) is 2.34. The van der Waals surface area contributed by atoms with Gasteiger partial charge in [-0.25, -0.2) is 0 Å². The van der Waals surface area contributed by atoms with Gasteiger partial charge in [0.15, 0.2) is 0 Å². The topological polar surface area (TPSA) is 55.5 Å². The lowest BCUT2D eigenvalue weighted by atomic mass is 9.82. The third-order valence-electron chi connectivity index (χ3n) is 3.35. The number of benzene rings is 1. The predicted molar refractivity (Wildman–Crippen MR) is 63.4 cm³/mol. The molecule has 1 aliphatic heterocycles. The lowest BCUT2D eigenvalue weighted by Gasteiger charge is -2.30. The minimum atomic E-state index is 0.210. The van der Waals surface area contributed by atoms with Crippen LogP contribution in [0.3, 0.4) is 0 Å². The highest BCUT2D eigenvalue weighted by atomic mass is 16.5. The van der Waals surface area contributed by atoms with Gasteiger partial charge in [0.1, 0.15) is 5.75 Å². The Hall–Kier alpha value is -1.06. The fourth-order valence-corrected chi connectivity index (χ4v) is 2.46. The number of nitrogens with two attached hydrogens (primary N) is 1. The number of hydrogen-bond acceptors (Lipinski definition) is 3. The first kappa shape index (κ1) is 11.4. The van der Waals surface area contributed by atoms with E-state index in [9.17, 15) is 5.11 Å². The summed E-state index contributed by atoms with van der Waals surface area (Å²) in [5.74, 6) is 0.997. The summed E-state index contributed by atoms with van der Waals surface area (Å²) >= 11 is 0. The smallest absolute Gasteiger partial charge is 0.119 e. The van der Waals surface area contributed by atoms with E-state index in [-0.39, 0.29) is 5.92 Å². The Labute approximate surface area is 96.2 Å². The molecule has 2 rings (SSSR count). The van der Waals surface area contributed by atoms with E-state index in [0.717, 1.165) is 31.6 Å². The van der Waals surface area contributed by atoms with E-state index in [1.165, 1.54) is 0 Å². The molecule has 2 unspecified atom stereocenters. The van der Waals surface area contributed by atoms with Gasteiger partial charge in [0, 0.05) is 12.5 Å². The molecule has 1 aromatic carbocycles. The minimum Gasteiger partial charge on any atom is -0.508 e. The number of rotatable bonds is 3. The van der Waals surface area contributed by atoms with E-state index in [1.54, 1.807) is 6.07 Å². The zero-order chi connectivity index (χ0) is 11.4. The molecule has 0 amide bonds. The van der Waals surface area contributed by atoms with Crippen LogP contribution in [0.25, 0.3) is 0 Å². The van der Waals surface area contributed by atoms with E-state index in [0.29, 0.717) is 18.2 Å². The second kappa shape index (κ2) is 5.32. The van der Waals surface area contributed by atoms with Gasteiger partial charge in [-0.2, -0.15) is 0 Å². The van der Waals surface area contributed by atoms with Gasteiger partial charge in [0.2, 0.25) is 0 Å². The molecule has 1 aromatic rings. The molecule has 0 radical (unpaired) electrons. The monoisotopic (exact) mass is 221 g/mol. The van der Waals surface area contributed by atoms with E-state index in [4.69, 9.17) is 10.5 Å². The minimum absolute atomic E-state index is 0.210. The molecule has 3 N–H and O–H groups in total. The van der Waals surface area contributed by atoms with E-state index in [2.05, 4.69) is 0 Å². The number of para-hydroxylation sites is 1. The molecule has 16 heavy (non-hydrogen) atoms. The maximum absolute atomic E-state index is 9.85. The highest BCUT2D eigenvalue weighted by molar-refractivity contribution is 5.35. The second-order valence-corrected chi connectivity index (χ2v) is 4.38. The summed E-state index contributed by atoms with van der Waals surface area (Å²) in [5, 5.41) is 9.85. The molecule has 1 fully saturated rings. The molecule has 88 valence electrons. The first-order valence-electron chi connectivity index (χ1n) is 5.88. The fraction of sp³-hybridized carbons (Fsp3) is 0.538.